The molecule has 4 fully saturated rings. The normalized spacial score (nSPS) is 42.7. The average Bonchev–Trinajstić information content (AvgIpc) is 3.20. The number of ether oxygens (including phenoxy) is 3. The van der Waals surface area contributed by atoms with E-state index in [1.807, 2.05) is 26.8 Å². The van der Waals surface area contributed by atoms with Crippen molar-refractivity contribution < 1.29 is 32.6 Å². The van der Waals surface area contributed by atoms with E-state index in [1.54, 1.807) is 12.5 Å². The van der Waals surface area contributed by atoms with Gasteiger partial charge in [-0.25, -0.2) is 0 Å². The maximum Gasteiger partial charge on any atom is 0.318 e. The van der Waals surface area contributed by atoms with E-state index in [0.717, 1.165) is 41.9 Å². The average molecular weight is 438 g/mol. The summed E-state index contributed by atoms with van der Waals surface area (Å²) < 4.78 is 29.5. The number of carbonyl (C=O) groups excluding carboxylic acids is 2. The number of hydrogen-bond acceptors (Lipinski definition) is 7. The van der Waals surface area contributed by atoms with Crippen LogP contribution in [0.2, 0.25) is 0 Å². The van der Waals surface area contributed by atoms with Crippen molar-refractivity contribution in [3.63, 3.8) is 0 Å². The predicted molar refractivity (Wildman–Crippen MR) is 109 cm³/mol. The summed E-state index contributed by atoms with van der Waals surface area (Å²) in [5.41, 5.74) is -0.0379. The van der Waals surface area contributed by atoms with Crippen LogP contribution >= 0.6 is 0 Å². The third-order valence-corrected chi connectivity index (χ3v) is 9.05. The Balaban J connectivity index is 1.24. The van der Waals surface area contributed by atoms with Gasteiger partial charge in [0.2, 0.25) is 0 Å². The van der Waals surface area contributed by atoms with E-state index in [0.29, 0.717) is 6.42 Å². The van der Waals surface area contributed by atoms with Crippen molar-refractivity contribution in [3.8, 4) is 0 Å². The van der Waals surface area contributed by atoms with Gasteiger partial charge in [-0.05, 0) is 45.7 Å². The van der Waals surface area contributed by atoms with Crippen molar-refractivity contribution in [2.24, 2.45) is 11.3 Å². The highest BCUT2D eigenvalue weighted by atomic mass is 16.6. The molecule has 32 heavy (non-hydrogen) atoms. The Morgan fingerprint density at radius 2 is 2.03 bits per heavy atom. The predicted octanol–water partition coefficient (Wildman–Crippen LogP) is 3.79. The summed E-state index contributed by atoms with van der Waals surface area (Å²) in [6.07, 6.45) is 6.10. The molecule has 0 spiro atoms. The van der Waals surface area contributed by atoms with E-state index in [-0.39, 0.29) is 41.9 Å². The number of fused-ring (bicyclic) bond motifs is 2. The number of esters is 2. The van der Waals surface area contributed by atoms with Crippen molar-refractivity contribution in [1.82, 2.24) is 0 Å². The van der Waals surface area contributed by atoms with Gasteiger partial charge in [0.25, 0.3) is 0 Å². The van der Waals surface area contributed by atoms with Gasteiger partial charge in [0.05, 0.1) is 24.5 Å². The largest absolute Gasteiger partial charge is 0.472 e. The second kappa shape index (κ2) is 5.50. The molecule has 1 saturated carbocycles. The summed E-state index contributed by atoms with van der Waals surface area (Å²) in [4.78, 5) is 25.1. The molecule has 0 amide bonds. The number of cyclic esters (lactones) is 1. The first-order valence-corrected chi connectivity index (χ1v) is 11.4. The molecule has 3 aliphatic heterocycles. The monoisotopic (exact) mass is 438 g/mol. The zero-order valence-electron chi connectivity index (χ0n) is 18.4. The fourth-order valence-electron chi connectivity index (χ4n) is 7.48. The molecule has 7 heteroatoms. The zero-order valence-corrected chi connectivity index (χ0v) is 18.4. The van der Waals surface area contributed by atoms with Gasteiger partial charge in [-0.3, -0.25) is 9.59 Å². The molecule has 5 heterocycles. The third kappa shape index (κ3) is 2.02. The lowest BCUT2D eigenvalue weighted by Gasteiger charge is -2.32. The van der Waals surface area contributed by atoms with Crippen molar-refractivity contribution >= 4 is 11.9 Å². The molecule has 0 aromatic carbocycles. The lowest BCUT2D eigenvalue weighted by Crippen LogP contribution is -2.43. The van der Waals surface area contributed by atoms with Gasteiger partial charge >= 0.3 is 11.9 Å². The van der Waals surface area contributed by atoms with Crippen LogP contribution in [0.4, 0.5) is 0 Å². The second-order valence-electron chi connectivity index (χ2n) is 11.0. The quantitative estimate of drug-likeness (QED) is 0.674. The minimum atomic E-state index is -0.672. The Kier molecular flexibility index (Phi) is 3.26. The van der Waals surface area contributed by atoms with Crippen LogP contribution in [0, 0.1) is 11.3 Å². The lowest BCUT2D eigenvalue weighted by molar-refractivity contribution is -0.151. The van der Waals surface area contributed by atoms with Crippen LogP contribution in [-0.2, 0) is 42.1 Å². The van der Waals surface area contributed by atoms with Crippen LogP contribution in [0.1, 0.15) is 68.8 Å². The maximum atomic E-state index is 13.2. The molecular weight excluding hydrogens is 412 g/mol. The molecule has 2 aliphatic carbocycles. The number of rotatable bonds is 3. The molecule has 6 atom stereocenters. The molecule has 2 aromatic heterocycles. The van der Waals surface area contributed by atoms with Crippen molar-refractivity contribution in [1.29, 1.82) is 0 Å². The van der Waals surface area contributed by atoms with Gasteiger partial charge in [-0.15, -0.1) is 0 Å². The number of hydrogen-bond donors (Lipinski definition) is 0. The smallest absolute Gasteiger partial charge is 0.318 e. The molecule has 0 N–H and O–H groups in total. The first-order valence-electron chi connectivity index (χ1n) is 11.4. The van der Waals surface area contributed by atoms with Crippen molar-refractivity contribution in [2.45, 2.75) is 81.7 Å². The third-order valence-electron chi connectivity index (χ3n) is 9.05. The fourth-order valence-corrected chi connectivity index (χ4v) is 7.48. The Hall–Kier alpha value is -2.54. The highest BCUT2D eigenvalue weighted by molar-refractivity contribution is 5.93. The molecule has 7 rings (SSSR count). The molecule has 0 bridgehead atoms. The first-order chi connectivity index (χ1) is 15.2. The van der Waals surface area contributed by atoms with E-state index in [9.17, 15) is 9.59 Å². The molecule has 0 radical (unpaired) electrons. The minimum absolute atomic E-state index is 0.0466. The Morgan fingerprint density at radius 1 is 1.19 bits per heavy atom. The Labute approximate surface area is 185 Å². The summed E-state index contributed by atoms with van der Waals surface area (Å²) in [5, 5.41) is 0. The van der Waals surface area contributed by atoms with Crippen LogP contribution in [0.3, 0.4) is 0 Å². The molecule has 3 saturated heterocycles. The number of aryl methyl sites for hydroxylation is 1. The van der Waals surface area contributed by atoms with Crippen LogP contribution in [0.15, 0.2) is 33.5 Å². The highest BCUT2D eigenvalue weighted by Crippen LogP contribution is 2.79. The molecule has 2 aromatic rings. The van der Waals surface area contributed by atoms with Crippen molar-refractivity contribution in [3.05, 3.63) is 47.3 Å². The summed E-state index contributed by atoms with van der Waals surface area (Å²) in [5.74, 6) is 1.29. The van der Waals surface area contributed by atoms with Crippen LogP contribution in [0.5, 0.6) is 0 Å². The maximum absolute atomic E-state index is 13.2. The number of carbonyl (C=O) groups is 2. The first kappa shape index (κ1) is 19.0. The van der Waals surface area contributed by atoms with Gasteiger partial charge in [0.1, 0.15) is 34.7 Å². The van der Waals surface area contributed by atoms with Crippen LogP contribution in [-0.4, -0.2) is 29.2 Å². The van der Waals surface area contributed by atoms with Gasteiger partial charge in [0, 0.05) is 35.3 Å². The van der Waals surface area contributed by atoms with Crippen LogP contribution in [0.25, 0.3) is 0 Å². The molecular formula is C25H26O7. The van der Waals surface area contributed by atoms with Gasteiger partial charge < -0.3 is 23.0 Å². The summed E-state index contributed by atoms with van der Waals surface area (Å²) in [7, 11) is 0. The fraction of sp³-hybridized carbons (Fsp3) is 0.600. The molecule has 168 valence electrons. The molecule has 0 unspecified atom stereocenters. The topological polar surface area (TPSA) is 88.1 Å². The Morgan fingerprint density at radius 3 is 2.81 bits per heavy atom. The Bertz CT molecular complexity index is 1160. The van der Waals surface area contributed by atoms with E-state index in [1.165, 1.54) is 0 Å². The van der Waals surface area contributed by atoms with Crippen LogP contribution < -0.4 is 0 Å². The van der Waals surface area contributed by atoms with E-state index in [4.69, 9.17) is 23.0 Å². The van der Waals surface area contributed by atoms with E-state index >= 15 is 0 Å². The number of furan rings is 2. The summed E-state index contributed by atoms with van der Waals surface area (Å²) >= 11 is 0. The lowest BCUT2D eigenvalue weighted by atomic mass is 9.75. The standard InChI is InChI=1S/C25H26O7/c1-22(2)17(23(3)18(31-22)10-19(26)32-23)9-14-8-15-16(29-14)4-6-24-12-25(15,24)21(27)30-20(24)13-5-7-28-11-13/h5,7-8,11,17-18,20H,4,6,9-10,12H2,1-3H3/t17-,18+,20+,23-,24-,25-/m1/s1. The molecule has 7 nitrogen and oxygen atoms in total. The van der Waals surface area contributed by atoms with Gasteiger partial charge in [0.15, 0.2) is 0 Å². The minimum Gasteiger partial charge on any atom is -0.472 e. The van der Waals surface area contributed by atoms with E-state index < -0.39 is 16.6 Å². The zero-order chi connectivity index (χ0) is 22.1. The van der Waals surface area contributed by atoms with Gasteiger partial charge in [-0.1, -0.05) is 0 Å². The molecule has 5 aliphatic rings. The van der Waals surface area contributed by atoms with E-state index in [2.05, 4.69) is 6.07 Å². The second-order valence-corrected chi connectivity index (χ2v) is 11.0. The van der Waals surface area contributed by atoms with Gasteiger partial charge in [-0.2, -0.15) is 0 Å². The SMILES string of the molecule is CC1(C)O[C@H]2CC(=O)O[C@]2(C)[C@@H]1Cc1cc2c(o1)CC[C@]13C[C@]21C(=O)O[C@H]3c1ccoc1. The van der Waals surface area contributed by atoms with Crippen molar-refractivity contribution in [2.75, 3.05) is 0 Å². The highest BCUT2D eigenvalue weighted by Gasteiger charge is 2.83. The summed E-state index contributed by atoms with van der Waals surface area (Å²) in [6.45, 7) is 6.07. The summed E-state index contributed by atoms with van der Waals surface area (Å²) in [6, 6.07) is 3.94.